The van der Waals surface area contributed by atoms with E-state index < -0.39 is 0 Å². The Labute approximate surface area is 67.9 Å². The van der Waals surface area contributed by atoms with Gasteiger partial charge in [-0.2, -0.15) is 0 Å². The Morgan fingerprint density at radius 2 is 2.00 bits per heavy atom. The van der Waals surface area contributed by atoms with Crippen molar-refractivity contribution in [2.24, 2.45) is 0 Å². The summed E-state index contributed by atoms with van der Waals surface area (Å²) >= 11 is 0. The first-order chi connectivity index (χ1) is 5.33. The molecule has 1 rings (SSSR count). The van der Waals surface area contributed by atoms with Crippen molar-refractivity contribution in [2.45, 2.75) is 51.0 Å². The number of hydrogen-bond donors (Lipinski definition) is 0. The summed E-state index contributed by atoms with van der Waals surface area (Å²) in [4.78, 5) is 10.2. The number of carbonyl (C=O) groups is 1. The largest absolute Gasteiger partial charge is 0.461 e. The van der Waals surface area contributed by atoms with Crippen LogP contribution in [0.1, 0.15) is 45.4 Å². The highest BCUT2D eigenvalue weighted by atomic mass is 16.5. The van der Waals surface area contributed by atoms with Crippen molar-refractivity contribution in [3.05, 3.63) is 0 Å². The number of hydrogen-bond acceptors (Lipinski definition) is 2. The second-order valence-electron chi connectivity index (χ2n) is 3.31. The molecule has 0 radical (unpaired) electrons. The Morgan fingerprint density at radius 1 is 1.36 bits per heavy atom. The standard InChI is InChI=1S/C9H16O2/c1-2-9(11-8-10)6-4-3-5-7-9/h8H,2-7H2,1H3. The minimum atomic E-state index is -0.0972. The lowest BCUT2D eigenvalue weighted by molar-refractivity contribution is -0.147. The Balaban J connectivity index is 2.49. The summed E-state index contributed by atoms with van der Waals surface area (Å²) in [5.41, 5.74) is -0.0972. The van der Waals surface area contributed by atoms with Gasteiger partial charge in [0, 0.05) is 0 Å². The van der Waals surface area contributed by atoms with Crippen molar-refractivity contribution in [3.63, 3.8) is 0 Å². The van der Waals surface area contributed by atoms with Crippen LogP contribution in [0.2, 0.25) is 0 Å². The van der Waals surface area contributed by atoms with E-state index in [0.29, 0.717) is 6.47 Å². The number of rotatable bonds is 3. The van der Waals surface area contributed by atoms with Gasteiger partial charge in [-0.3, -0.25) is 4.79 Å². The highest BCUT2D eigenvalue weighted by molar-refractivity contribution is 5.38. The Hall–Kier alpha value is -0.530. The summed E-state index contributed by atoms with van der Waals surface area (Å²) in [7, 11) is 0. The summed E-state index contributed by atoms with van der Waals surface area (Å²) in [6, 6.07) is 0. The third-order valence-electron chi connectivity index (χ3n) is 2.71. The van der Waals surface area contributed by atoms with Crippen LogP contribution in [0.25, 0.3) is 0 Å². The smallest absolute Gasteiger partial charge is 0.293 e. The molecule has 0 bridgehead atoms. The summed E-state index contributed by atoms with van der Waals surface area (Å²) < 4.78 is 5.14. The lowest BCUT2D eigenvalue weighted by Gasteiger charge is -2.34. The van der Waals surface area contributed by atoms with Gasteiger partial charge >= 0.3 is 0 Å². The molecule has 1 fully saturated rings. The first-order valence-corrected chi connectivity index (χ1v) is 4.44. The van der Waals surface area contributed by atoms with Gasteiger partial charge < -0.3 is 4.74 Å². The van der Waals surface area contributed by atoms with Crippen LogP contribution in [0.15, 0.2) is 0 Å². The van der Waals surface area contributed by atoms with Crippen molar-refractivity contribution in [3.8, 4) is 0 Å². The van der Waals surface area contributed by atoms with Gasteiger partial charge in [0.15, 0.2) is 0 Å². The second kappa shape index (κ2) is 3.74. The number of ether oxygens (including phenoxy) is 1. The zero-order valence-corrected chi connectivity index (χ0v) is 7.14. The van der Waals surface area contributed by atoms with E-state index in [-0.39, 0.29) is 5.60 Å². The van der Waals surface area contributed by atoms with E-state index in [1.807, 2.05) is 0 Å². The van der Waals surface area contributed by atoms with Crippen molar-refractivity contribution >= 4 is 6.47 Å². The predicted molar refractivity (Wildman–Crippen MR) is 43.3 cm³/mol. The molecule has 1 aliphatic carbocycles. The third kappa shape index (κ3) is 1.95. The van der Waals surface area contributed by atoms with Crippen molar-refractivity contribution in [1.82, 2.24) is 0 Å². The van der Waals surface area contributed by atoms with Crippen LogP contribution < -0.4 is 0 Å². The molecule has 0 aromatic heterocycles. The average molecular weight is 156 g/mol. The van der Waals surface area contributed by atoms with Gasteiger partial charge in [-0.05, 0) is 32.1 Å². The fourth-order valence-electron chi connectivity index (χ4n) is 1.85. The molecule has 0 atom stereocenters. The molecule has 0 N–H and O–H groups in total. The van der Waals surface area contributed by atoms with E-state index in [0.717, 1.165) is 19.3 Å². The van der Waals surface area contributed by atoms with Crippen LogP contribution >= 0.6 is 0 Å². The Morgan fingerprint density at radius 3 is 2.45 bits per heavy atom. The zero-order chi connectivity index (χ0) is 8.16. The summed E-state index contributed by atoms with van der Waals surface area (Å²) in [6.07, 6.45) is 6.80. The van der Waals surface area contributed by atoms with E-state index in [1.54, 1.807) is 0 Å². The molecule has 2 nitrogen and oxygen atoms in total. The molecule has 0 aromatic rings. The molecular formula is C9H16O2. The van der Waals surface area contributed by atoms with Crippen molar-refractivity contribution < 1.29 is 9.53 Å². The summed E-state index contributed by atoms with van der Waals surface area (Å²) in [5.74, 6) is 0. The molecule has 0 amide bonds. The fraction of sp³-hybridized carbons (Fsp3) is 0.889. The van der Waals surface area contributed by atoms with E-state index in [1.165, 1.54) is 19.3 Å². The monoisotopic (exact) mass is 156 g/mol. The van der Waals surface area contributed by atoms with E-state index in [2.05, 4.69) is 6.92 Å². The van der Waals surface area contributed by atoms with Gasteiger partial charge in [0.2, 0.25) is 0 Å². The molecule has 11 heavy (non-hydrogen) atoms. The molecule has 2 heteroatoms. The first-order valence-electron chi connectivity index (χ1n) is 4.44. The predicted octanol–water partition coefficient (Wildman–Crippen LogP) is 2.27. The highest BCUT2D eigenvalue weighted by Crippen LogP contribution is 2.33. The molecule has 0 spiro atoms. The van der Waals surface area contributed by atoms with E-state index in [9.17, 15) is 4.79 Å². The van der Waals surface area contributed by atoms with E-state index in [4.69, 9.17) is 4.74 Å². The van der Waals surface area contributed by atoms with Crippen LogP contribution in [0.4, 0.5) is 0 Å². The van der Waals surface area contributed by atoms with Crippen LogP contribution in [0.3, 0.4) is 0 Å². The SMILES string of the molecule is CCC1(OC=O)CCCCC1. The molecule has 0 saturated heterocycles. The molecule has 0 unspecified atom stereocenters. The summed E-state index contributed by atoms with van der Waals surface area (Å²) in [5, 5.41) is 0. The van der Waals surface area contributed by atoms with Crippen LogP contribution in [-0.4, -0.2) is 12.1 Å². The Kier molecular flexibility index (Phi) is 2.92. The van der Waals surface area contributed by atoms with Gasteiger partial charge in [0.25, 0.3) is 6.47 Å². The minimum absolute atomic E-state index is 0.0972. The number of carbonyl (C=O) groups excluding carboxylic acids is 1. The van der Waals surface area contributed by atoms with Gasteiger partial charge in [-0.25, -0.2) is 0 Å². The summed E-state index contributed by atoms with van der Waals surface area (Å²) in [6.45, 7) is 2.70. The maximum absolute atomic E-state index is 10.2. The molecule has 0 aliphatic heterocycles. The first kappa shape index (κ1) is 8.57. The maximum Gasteiger partial charge on any atom is 0.293 e. The molecule has 0 aromatic carbocycles. The van der Waals surface area contributed by atoms with Crippen LogP contribution in [-0.2, 0) is 9.53 Å². The van der Waals surface area contributed by atoms with Gasteiger partial charge in [0.05, 0.1) is 0 Å². The molecule has 1 aliphatic rings. The lowest BCUT2D eigenvalue weighted by atomic mass is 9.83. The van der Waals surface area contributed by atoms with Crippen molar-refractivity contribution in [1.29, 1.82) is 0 Å². The molecule has 0 heterocycles. The molecular weight excluding hydrogens is 140 g/mol. The van der Waals surface area contributed by atoms with E-state index >= 15 is 0 Å². The zero-order valence-electron chi connectivity index (χ0n) is 7.14. The minimum Gasteiger partial charge on any atom is -0.461 e. The highest BCUT2D eigenvalue weighted by Gasteiger charge is 2.31. The molecule has 1 saturated carbocycles. The van der Waals surface area contributed by atoms with Crippen LogP contribution in [0.5, 0.6) is 0 Å². The topological polar surface area (TPSA) is 26.3 Å². The maximum atomic E-state index is 10.2. The molecule has 64 valence electrons. The fourth-order valence-corrected chi connectivity index (χ4v) is 1.85. The van der Waals surface area contributed by atoms with Gasteiger partial charge in [0.1, 0.15) is 5.60 Å². The van der Waals surface area contributed by atoms with Crippen LogP contribution in [0, 0.1) is 0 Å². The second-order valence-corrected chi connectivity index (χ2v) is 3.31. The van der Waals surface area contributed by atoms with Gasteiger partial charge in [-0.1, -0.05) is 13.3 Å². The third-order valence-corrected chi connectivity index (χ3v) is 2.71. The lowest BCUT2D eigenvalue weighted by Crippen LogP contribution is -2.33. The van der Waals surface area contributed by atoms with Crippen molar-refractivity contribution in [2.75, 3.05) is 0 Å². The normalized spacial score (nSPS) is 22.6. The Bertz CT molecular complexity index is 126. The average Bonchev–Trinajstić information content (AvgIpc) is 2.07. The van der Waals surface area contributed by atoms with Gasteiger partial charge in [-0.15, -0.1) is 0 Å². The quantitative estimate of drug-likeness (QED) is 0.586.